The molecule has 1 aromatic heterocycles. The van der Waals surface area contributed by atoms with Gasteiger partial charge in [0.1, 0.15) is 16.4 Å². The van der Waals surface area contributed by atoms with E-state index in [0.29, 0.717) is 10.9 Å². The van der Waals surface area contributed by atoms with Crippen LogP contribution in [0.25, 0.3) is 10.1 Å². The maximum atomic E-state index is 12.1. The van der Waals surface area contributed by atoms with Crippen molar-refractivity contribution in [3.8, 4) is 11.5 Å². The number of nitrogens with one attached hydrogen (secondary N) is 1. The zero-order valence-electron chi connectivity index (χ0n) is 12.3. The molecule has 0 aliphatic carbocycles. The fourth-order valence-electron chi connectivity index (χ4n) is 2.16. The van der Waals surface area contributed by atoms with E-state index in [1.54, 1.807) is 24.3 Å². The lowest BCUT2D eigenvalue weighted by molar-refractivity contribution is 0.0957. The Morgan fingerprint density at radius 1 is 1.22 bits per heavy atom. The number of hydrogen-bond acceptors (Lipinski definition) is 5. The molecule has 3 N–H and O–H groups in total. The second-order valence-corrected chi connectivity index (χ2v) is 6.09. The number of nitrogens with zero attached hydrogens (tertiary/aromatic N) is 1. The van der Waals surface area contributed by atoms with E-state index >= 15 is 0 Å². The molecular weight excluding hydrogens is 312 g/mol. The molecule has 0 atom stereocenters. The highest BCUT2D eigenvalue weighted by atomic mass is 32.1. The van der Waals surface area contributed by atoms with Crippen LogP contribution in [-0.4, -0.2) is 22.3 Å². The summed E-state index contributed by atoms with van der Waals surface area (Å²) >= 11 is 1.20. The molecule has 0 spiro atoms. The molecule has 0 saturated carbocycles. The Morgan fingerprint density at radius 3 is 2.74 bits per heavy atom. The second kappa shape index (κ2) is 6.10. The molecule has 0 fully saturated rings. The number of benzene rings is 2. The van der Waals surface area contributed by atoms with Gasteiger partial charge >= 0.3 is 0 Å². The minimum Gasteiger partial charge on any atom is -0.507 e. The first kappa shape index (κ1) is 15.1. The third-order valence-corrected chi connectivity index (χ3v) is 4.49. The summed E-state index contributed by atoms with van der Waals surface area (Å²) in [7, 11) is 0. The molecule has 1 heterocycles. The smallest absolute Gasteiger partial charge is 0.285 e. The van der Waals surface area contributed by atoms with Crippen molar-refractivity contribution >= 4 is 33.5 Å². The summed E-state index contributed by atoms with van der Waals surface area (Å²) in [6.45, 7) is 1.87. The Kier molecular flexibility index (Phi) is 3.99. The number of thiophene rings is 1. The highest BCUT2D eigenvalue weighted by Crippen LogP contribution is 2.36. The molecule has 1 amide bonds. The summed E-state index contributed by atoms with van der Waals surface area (Å²) in [5.74, 6) is -0.448. The van der Waals surface area contributed by atoms with Crippen LogP contribution in [-0.2, 0) is 0 Å². The Morgan fingerprint density at radius 2 is 2.00 bits per heavy atom. The van der Waals surface area contributed by atoms with E-state index in [2.05, 4.69) is 10.5 Å². The summed E-state index contributed by atoms with van der Waals surface area (Å²) in [5, 5.41) is 24.4. The van der Waals surface area contributed by atoms with Crippen LogP contribution >= 0.6 is 11.3 Å². The van der Waals surface area contributed by atoms with Gasteiger partial charge in [-0.15, -0.1) is 11.3 Å². The lowest BCUT2D eigenvalue weighted by atomic mass is 10.1. The van der Waals surface area contributed by atoms with Gasteiger partial charge in [-0.2, -0.15) is 5.10 Å². The lowest BCUT2D eigenvalue weighted by Crippen LogP contribution is -2.16. The Bertz CT molecular complexity index is 915. The Labute approximate surface area is 136 Å². The van der Waals surface area contributed by atoms with Gasteiger partial charge in [-0.1, -0.05) is 18.2 Å². The van der Waals surface area contributed by atoms with E-state index < -0.39 is 5.91 Å². The Hall–Kier alpha value is -2.86. The molecule has 5 nitrogen and oxygen atoms in total. The number of fused-ring (bicyclic) bond motifs is 1. The number of rotatable bonds is 3. The molecule has 0 radical (unpaired) electrons. The molecule has 3 aromatic rings. The first-order valence-corrected chi connectivity index (χ1v) is 7.71. The molecule has 0 saturated heterocycles. The van der Waals surface area contributed by atoms with Gasteiger partial charge in [-0.25, -0.2) is 5.43 Å². The SMILES string of the molecule is Cc1ccc(/C=N/NC(=O)c2sc3ccccc3c2O)c(O)c1. The van der Waals surface area contributed by atoms with Gasteiger partial charge in [0.25, 0.3) is 5.91 Å². The molecule has 6 heteroatoms. The van der Waals surface area contributed by atoms with Gasteiger partial charge in [-0.3, -0.25) is 4.79 Å². The topological polar surface area (TPSA) is 81.9 Å². The zero-order valence-corrected chi connectivity index (χ0v) is 13.1. The summed E-state index contributed by atoms with van der Waals surface area (Å²) in [6.07, 6.45) is 1.36. The van der Waals surface area contributed by atoms with Crippen LogP contribution < -0.4 is 5.43 Å². The maximum Gasteiger partial charge on any atom is 0.285 e. The van der Waals surface area contributed by atoms with Crippen molar-refractivity contribution in [1.82, 2.24) is 5.43 Å². The molecule has 3 rings (SSSR count). The van der Waals surface area contributed by atoms with Crippen molar-refractivity contribution in [2.75, 3.05) is 0 Å². The van der Waals surface area contributed by atoms with Crippen LogP contribution in [0, 0.1) is 6.92 Å². The van der Waals surface area contributed by atoms with Crippen molar-refractivity contribution in [2.24, 2.45) is 5.10 Å². The number of hydrazone groups is 1. The van der Waals surface area contributed by atoms with Gasteiger partial charge in [0.05, 0.1) is 6.21 Å². The Balaban J connectivity index is 1.78. The standard InChI is InChI=1S/C17H14N2O3S/c1-10-6-7-11(13(20)8-10)9-18-19-17(22)16-15(21)12-4-2-3-5-14(12)23-16/h2-9,20-21H,1H3,(H,19,22)/b18-9+. The molecule has 0 unspecified atom stereocenters. The molecular formula is C17H14N2O3S. The first-order chi connectivity index (χ1) is 11.1. The maximum absolute atomic E-state index is 12.1. The molecule has 116 valence electrons. The van der Waals surface area contributed by atoms with Crippen LogP contribution in [0.5, 0.6) is 11.5 Å². The van der Waals surface area contributed by atoms with Crippen molar-refractivity contribution in [3.05, 3.63) is 58.5 Å². The quantitative estimate of drug-likeness (QED) is 0.510. The average molecular weight is 326 g/mol. The predicted octanol–water partition coefficient (Wildman–Crippen LogP) is 3.38. The minimum absolute atomic E-state index is 0.0449. The number of hydrogen-bond donors (Lipinski definition) is 3. The summed E-state index contributed by atoms with van der Waals surface area (Å²) in [6, 6.07) is 12.4. The molecule has 23 heavy (non-hydrogen) atoms. The molecule has 2 aromatic carbocycles. The zero-order chi connectivity index (χ0) is 16.4. The van der Waals surface area contributed by atoms with E-state index in [0.717, 1.165) is 10.3 Å². The van der Waals surface area contributed by atoms with Gasteiger partial charge in [-0.05, 0) is 36.8 Å². The molecule has 0 bridgehead atoms. The van der Waals surface area contributed by atoms with Gasteiger partial charge in [0, 0.05) is 15.6 Å². The number of aromatic hydroxyl groups is 2. The average Bonchev–Trinajstić information content (AvgIpc) is 2.87. The molecule has 0 aliphatic heterocycles. The fraction of sp³-hybridized carbons (Fsp3) is 0.0588. The van der Waals surface area contributed by atoms with Crippen LogP contribution in [0.1, 0.15) is 20.8 Å². The summed E-state index contributed by atoms with van der Waals surface area (Å²) in [5.41, 5.74) is 3.79. The number of aryl methyl sites for hydroxylation is 1. The van der Waals surface area contributed by atoms with E-state index in [9.17, 15) is 15.0 Å². The first-order valence-electron chi connectivity index (χ1n) is 6.90. The van der Waals surface area contributed by atoms with Crippen molar-refractivity contribution in [3.63, 3.8) is 0 Å². The second-order valence-electron chi connectivity index (χ2n) is 5.04. The minimum atomic E-state index is -0.494. The van der Waals surface area contributed by atoms with Crippen molar-refractivity contribution in [1.29, 1.82) is 0 Å². The van der Waals surface area contributed by atoms with Crippen LogP contribution in [0.15, 0.2) is 47.6 Å². The summed E-state index contributed by atoms with van der Waals surface area (Å²) < 4.78 is 0.829. The number of carbonyl (C=O) groups excluding carboxylic acids is 1. The van der Waals surface area contributed by atoms with Gasteiger partial charge in [0.15, 0.2) is 0 Å². The number of phenolic OH excluding ortho intramolecular Hbond substituents is 1. The third kappa shape index (κ3) is 3.02. The van der Waals surface area contributed by atoms with E-state index in [1.807, 2.05) is 25.1 Å². The fourth-order valence-corrected chi connectivity index (χ4v) is 3.15. The number of amides is 1. The highest BCUT2D eigenvalue weighted by molar-refractivity contribution is 7.21. The molecule has 0 aliphatic rings. The summed E-state index contributed by atoms with van der Waals surface area (Å²) in [4.78, 5) is 12.3. The monoisotopic (exact) mass is 326 g/mol. The van der Waals surface area contributed by atoms with Gasteiger partial charge in [0.2, 0.25) is 0 Å². The normalized spacial score (nSPS) is 11.2. The van der Waals surface area contributed by atoms with Crippen LogP contribution in [0.2, 0.25) is 0 Å². The third-order valence-electron chi connectivity index (χ3n) is 3.33. The highest BCUT2D eigenvalue weighted by Gasteiger charge is 2.17. The lowest BCUT2D eigenvalue weighted by Gasteiger charge is -2.00. The largest absolute Gasteiger partial charge is 0.507 e. The predicted molar refractivity (Wildman–Crippen MR) is 91.4 cm³/mol. The van der Waals surface area contributed by atoms with E-state index in [-0.39, 0.29) is 16.4 Å². The van der Waals surface area contributed by atoms with Crippen LogP contribution in [0.3, 0.4) is 0 Å². The van der Waals surface area contributed by atoms with Crippen molar-refractivity contribution in [2.45, 2.75) is 6.92 Å². The van der Waals surface area contributed by atoms with Crippen LogP contribution in [0.4, 0.5) is 0 Å². The van der Waals surface area contributed by atoms with E-state index in [1.165, 1.54) is 17.6 Å². The van der Waals surface area contributed by atoms with Gasteiger partial charge < -0.3 is 10.2 Å². The number of carbonyl (C=O) groups is 1. The van der Waals surface area contributed by atoms with E-state index in [4.69, 9.17) is 0 Å². The number of phenols is 1. The van der Waals surface area contributed by atoms with Crippen molar-refractivity contribution < 1.29 is 15.0 Å².